The topological polar surface area (TPSA) is 60.9 Å². The molecule has 110 valence electrons. The van der Waals surface area contributed by atoms with Gasteiger partial charge in [0.15, 0.2) is 0 Å². The molecule has 0 rings (SSSR count). The molecule has 0 saturated carbocycles. The maximum absolute atomic E-state index is 11.8. The first-order valence-electron chi connectivity index (χ1n) is 5.98. The fourth-order valence-corrected chi connectivity index (χ4v) is 10.2. The summed E-state index contributed by atoms with van der Waals surface area (Å²) in [6, 6.07) is 0. The maximum atomic E-state index is 11.8. The molecule has 0 heterocycles. The fourth-order valence-electron chi connectivity index (χ4n) is 1.17. The molecule has 0 N–H and O–H groups in total. The molecule has 0 unspecified atom stereocenters. The van der Waals surface area contributed by atoms with Gasteiger partial charge < -0.3 is 0 Å². The van der Waals surface area contributed by atoms with Crippen LogP contribution >= 0.6 is 0 Å². The van der Waals surface area contributed by atoms with E-state index in [1.165, 1.54) is 14.7 Å². The zero-order valence-electron chi connectivity index (χ0n) is 12.6. The average Bonchev–Trinajstić information content (AvgIpc) is 2.27. The van der Waals surface area contributed by atoms with Gasteiger partial charge in [-0.3, -0.25) is 0 Å². The Hall–Kier alpha value is -0.707. The first-order valence-corrected chi connectivity index (χ1v) is 13.4. The Morgan fingerprint density at radius 3 is 1.00 bits per heavy atom. The zero-order chi connectivity index (χ0) is 15.2. The summed E-state index contributed by atoms with van der Waals surface area (Å²) in [5.41, 5.74) is 0. The van der Waals surface area contributed by atoms with Gasteiger partial charge in [-0.15, -0.1) is 0 Å². The van der Waals surface area contributed by atoms with E-state index in [-0.39, 0.29) is 17.7 Å². The molecular weight excluding hydrogens is 443 g/mol. The molecule has 0 aromatic rings. The average molecular weight is 467 g/mol. The Labute approximate surface area is 123 Å². The number of carbonyl (C=O) groups is 3. The van der Waals surface area contributed by atoms with Gasteiger partial charge >= 0.3 is 123 Å². The van der Waals surface area contributed by atoms with Crippen LogP contribution in [-0.2, 0) is 14.4 Å². The van der Waals surface area contributed by atoms with Crippen LogP contribution in [0, 0.1) is 0 Å². The van der Waals surface area contributed by atoms with Crippen LogP contribution in [0.3, 0.4) is 0 Å². The third kappa shape index (κ3) is 7.45. The summed E-state index contributed by atoms with van der Waals surface area (Å²) < 4.78 is 1.25. The third-order valence-electron chi connectivity index (χ3n) is 2.57. The molecular formula is C12H24BiN3O3. The van der Waals surface area contributed by atoms with E-state index in [4.69, 9.17) is 0 Å². The van der Waals surface area contributed by atoms with Crippen molar-refractivity contribution in [1.29, 1.82) is 0 Å². The van der Waals surface area contributed by atoms with Gasteiger partial charge in [-0.1, -0.05) is 0 Å². The van der Waals surface area contributed by atoms with E-state index in [9.17, 15) is 14.4 Å². The normalized spacial score (nSPS) is 10.3. The predicted octanol–water partition coefficient (Wildman–Crippen LogP) is -0.254. The van der Waals surface area contributed by atoms with Crippen LogP contribution in [0.1, 0.15) is 0 Å². The molecule has 0 aliphatic heterocycles. The molecule has 0 radical (unpaired) electrons. The summed E-state index contributed by atoms with van der Waals surface area (Å²) >= 11 is -2.45. The van der Waals surface area contributed by atoms with Gasteiger partial charge in [-0.25, -0.2) is 0 Å². The van der Waals surface area contributed by atoms with Crippen molar-refractivity contribution in [2.75, 3.05) is 42.3 Å². The van der Waals surface area contributed by atoms with Crippen molar-refractivity contribution in [3.05, 3.63) is 0 Å². The second-order valence-electron chi connectivity index (χ2n) is 5.01. The molecule has 0 spiro atoms. The molecule has 0 aliphatic rings. The molecule has 7 heteroatoms. The van der Waals surface area contributed by atoms with Gasteiger partial charge in [-0.05, 0) is 0 Å². The van der Waals surface area contributed by atoms with Gasteiger partial charge in [0.05, 0.1) is 0 Å². The van der Waals surface area contributed by atoms with Crippen molar-refractivity contribution in [3.8, 4) is 0 Å². The molecule has 0 fully saturated rings. The van der Waals surface area contributed by atoms with Gasteiger partial charge in [0, 0.05) is 0 Å². The minimum atomic E-state index is -2.45. The molecule has 0 aromatic heterocycles. The second-order valence-corrected chi connectivity index (χ2v) is 13.9. The van der Waals surface area contributed by atoms with E-state index in [1.807, 2.05) is 0 Å². The Balaban J connectivity index is 4.68. The second kappa shape index (κ2) is 8.46. The quantitative estimate of drug-likeness (QED) is 0.507. The molecule has 0 atom stereocenters. The molecule has 19 heavy (non-hydrogen) atoms. The van der Waals surface area contributed by atoms with Gasteiger partial charge in [0.25, 0.3) is 0 Å². The van der Waals surface area contributed by atoms with E-state index >= 15 is 0 Å². The predicted molar refractivity (Wildman–Crippen MR) is 76.3 cm³/mol. The Morgan fingerprint density at radius 2 is 0.842 bits per heavy atom. The van der Waals surface area contributed by atoms with E-state index < -0.39 is 21.8 Å². The van der Waals surface area contributed by atoms with Crippen molar-refractivity contribution < 1.29 is 14.4 Å². The molecule has 3 amide bonds. The van der Waals surface area contributed by atoms with Gasteiger partial charge in [0.2, 0.25) is 0 Å². The van der Waals surface area contributed by atoms with Crippen LogP contribution < -0.4 is 0 Å². The van der Waals surface area contributed by atoms with Crippen LogP contribution in [0.15, 0.2) is 0 Å². The minimum absolute atomic E-state index is 0.0240. The summed E-state index contributed by atoms with van der Waals surface area (Å²) in [4.78, 5) is 39.9. The number of hydrogen-bond donors (Lipinski definition) is 0. The summed E-state index contributed by atoms with van der Waals surface area (Å²) in [6.07, 6.45) is 0. The number of nitrogens with zero attached hydrogens (tertiary/aromatic N) is 3. The van der Waals surface area contributed by atoms with E-state index in [2.05, 4.69) is 0 Å². The first-order chi connectivity index (χ1) is 8.65. The Kier molecular flexibility index (Phi) is 8.15. The summed E-state index contributed by atoms with van der Waals surface area (Å²) in [5, 5.41) is 0. The van der Waals surface area contributed by atoms with E-state index in [0.29, 0.717) is 12.4 Å². The van der Waals surface area contributed by atoms with Crippen LogP contribution in [0.2, 0.25) is 12.4 Å². The van der Waals surface area contributed by atoms with Gasteiger partial charge in [-0.2, -0.15) is 0 Å². The molecule has 0 saturated heterocycles. The third-order valence-corrected chi connectivity index (χ3v) is 10.9. The monoisotopic (exact) mass is 467 g/mol. The van der Waals surface area contributed by atoms with Crippen molar-refractivity contribution in [2.45, 2.75) is 12.4 Å². The van der Waals surface area contributed by atoms with Gasteiger partial charge in [0.1, 0.15) is 0 Å². The van der Waals surface area contributed by atoms with Crippen molar-refractivity contribution >= 4 is 39.5 Å². The zero-order valence-corrected chi connectivity index (χ0v) is 16.1. The number of hydrogen-bond acceptors (Lipinski definition) is 3. The summed E-state index contributed by atoms with van der Waals surface area (Å²) in [6.45, 7) is 0. The van der Waals surface area contributed by atoms with E-state index in [0.717, 1.165) is 0 Å². The first kappa shape index (κ1) is 18.3. The summed E-state index contributed by atoms with van der Waals surface area (Å²) in [5.74, 6) is 0.0719. The molecule has 6 nitrogen and oxygen atoms in total. The summed E-state index contributed by atoms with van der Waals surface area (Å²) in [7, 11) is 10.2. The molecule has 0 aliphatic carbocycles. The van der Waals surface area contributed by atoms with E-state index in [1.54, 1.807) is 42.3 Å². The van der Waals surface area contributed by atoms with Crippen LogP contribution in [0.5, 0.6) is 0 Å². The number of rotatable bonds is 6. The fraction of sp³-hybridized carbons (Fsp3) is 0.750. The molecule has 0 bridgehead atoms. The van der Waals surface area contributed by atoms with Crippen LogP contribution in [0.25, 0.3) is 0 Å². The Bertz CT molecular complexity index is 291. The standard InChI is InChI=1S/3C4H8NO.Bi/c3*1-4(6)5(2)3;/h3*1H2,2-3H3;. The number of carbonyl (C=O) groups excluding carboxylic acids is 3. The number of amides is 3. The van der Waals surface area contributed by atoms with Crippen molar-refractivity contribution in [2.24, 2.45) is 0 Å². The van der Waals surface area contributed by atoms with Crippen LogP contribution in [-0.4, -0.2) is 96.5 Å². The van der Waals surface area contributed by atoms with Crippen molar-refractivity contribution in [1.82, 2.24) is 14.7 Å². The molecule has 0 aromatic carbocycles. The van der Waals surface area contributed by atoms with Crippen molar-refractivity contribution in [3.63, 3.8) is 0 Å². The SMILES string of the molecule is CN(C)C(=O)[CH2][Bi]([CH2]C(=O)N(C)C)[CH2]C(=O)N(C)C. The van der Waals surface area contributed by atoms with Crippen LogP contribution in [0.4, 0.5) is 0 Å². The Morgan fingerprint density at radius 1 is 0.632 bits per heavy atom.